The number of thioether (sulfide) groups is 1. The van der Waals surface area contributed by atoms with Crippen LogP contribution < -0.4 is 10.0 Å². The van der Waals surface area contributed by atoms with Crippen LogP contribution in [0.2, 0.25) is 0 Å². The Morgan fingerprint density at radius 1 is 1.20 bits per heavy atom. The second kappa shape index (κ2) is 7.21. The van der Waals surface area contributed by atoms with E-state index in [0.29, 0.717) is 9.23 Å². The van der Waals surface area contributed by atoms with Crippen molar-refractivity contribution >= 4 is 51.9 Å². The zero-order valence-electron chi connectivity index (χ0n) is 13.4. The summed E-state index contributed by atoms with van der Waals surface area (Å²) in [6.07, 6.45) is 2.52. The van der Waals surface area contributed by atoms with Gasteiger partial charge in [0.25, 0.3) is 5.91 Å². The minimum absolute atomic E-state index is 0.0987. The van der Waals surface area contributed by atoms with E-state index in [1.807, 2.05) is 31.2 Å². The fourth-order valence-electron chi connectivity index (χ4n) is 2.57. The Kier molecular flexibility index (Phi) is 5.01. The number of hydrogen-bond donors (Lipinski definition) is 0. The molecule has 25 heavy (non-hydrogen) atoms. The van der Waals surface area contributed by atoms with Crippen molar-refractivity contribution < 1.29 is 14.7 Å². The standard InChI is InChI=1S/C19H15NO3S2/c1-2-13-5-3-4-6-15(13)20-17(21)16(25-19(20)24)11-12-7-9-14(10-8-12)18(22)23/h3-11H,2H2,1H3,(H,22,23)/p-1/b16-11-. The van der Waals surface area contributed by atoms with Gasteiger partial charge in [-0.05, 0) is 35.3 Å². The first kappa shape index (κ1) is 17.4. The van der Waals surface area contributed by atoms with Gasteiger partial charge in [0.15, 0.2) is 4.32 Å². The first-order valence-electron chi connectivity index (χ1n) is 7.68. The molecule has 0 spiro atoms. The highest BCUT2D eigenvalue weighted by Gasteiger charge is 2.34. The number of aryl methyl sites for hydroxylation is 1. The lowest BCUT2D eigenvalue weighted by Crippen LogP contribution is -2.28. The van der Waals surface area contributed by atoms with E-state index >= 15 is 0 Å². The molecule has 1 amide bonds. The number of benzene rings is 2. The summed E-state index contributed by atoms with van der Waals surface area (Å²) in [4.78, 5) is 25.7. The summed E-state index contributed by atoms with van der Waals surface area (Å²) in [6, 6.07) is 13.9. The Bertz CT molecular complexity index is 888. The molecular formula is C19H14NO3S2-. The van der Waals surface area contributed by atoms with Gasteiger partial charge in [0, 0.05) is 0 Å². The number of carbonyl (C=O) groups excluding carboxylic acids is 2. The average molecular weight is 368 g/mol. The molecule has 3 rings (SSSR count). The molecule has 0 aliphatic carbocycles. The second-order valence-corrected chi connectivity index (χ2v) is 7.08. The van der Waals surface area contributed by atoms with Crippen molar-refractivity contribution in [2.75, 3.05) is 4.90 Å². The Morgan fingerprint density at radius 2 is 1.88 bits per heavy atom. The van der Waals surface area contributed by atoms with Crippen LogP contribution in [-0.2, 0) is 11.2 Å². The number of hydrogen-bond acceptors (Lipinski definition) is 5. The van der Waals surface area contributed by atoms with E-state index in [-0.39, 0.29) is 11.5 Å². The van der Waals surface area contributed by atoms with Gasteiger partial charge in [-0.25, -0.2) is 0 Å². The number of anilines is 1. The average Bonchev–Trinajstić information content (AvgIpc) is 2.89. The van der Waals surface area contributed by atoms with E-state index < -0.39 is 5.97 Å². The van der Waals surface area contributed by atoms with Crippen LogP contribution in [0.3, 0.4) is 0 Å². The number of carboxylic acid groups (broad SMARTS) is 1. The van der Waals surface area contributed by atoms with Gasteiger partial charge in [0.1, 0.15) is 0 Å². The Balaban J connectivity index is 1.92. The molecule has 1 aliphatic rings. The van der Waals surface area contributed by atoms with Crippen LogP contribution in [-0.4, -0.2) is 16.2 Å². The predicted octanol–water partition coefficient (Wildman–Crippen LogP) is 3.02. The summed E-state index contributed by atoms with van der Waals surface area (Å²) in [5.74, 6) is -1.39. The van der Waals surface area contributed by atoms with Gasteiger partial charge < -0.3 is 9.90 Å². The number of carbonyl (C=O) groups is 2. The van der Waals surface area contributed by atoms with E-state index in [9.17, 15) is 14.7 Å². The van der Waals surface area contributed by atoms with Crippen LogP contribution in [0.1, 0.15) is 28.4 Å². The minimum Gasteiger partial charge on any atom is -0.545 e. The third-order valence-electron chi connectivity index (χ3n) is 3.85. The van der Waals surface area contributed by atoms with Crippen LogP contribution in [0.25, 0.3) is 6.08 Å². The zero-order chi connectivity index (χ0) is 18.0. The van der Waals surface area contributed by atoms with Crippen LogP contribution in [0.4, 0.5) is 5.69 Å². The van der Waals surface area contributed by atoms with E-state index in [1.165, 1.54) is 23.9 Å². The zero-order valence-corrected chi connectivity index (χ0v) is 15.0. The van der Waals surface area contributed by atoms with Gasteiger partial charge in [-0.1, -0.05) is 73.4 Å². The SMILES string of the molecule is CCc1ccccc1N1C(=O)/C(=C/c2ccc(C(=O)[O-])cc2)SC1=S. The van der Waals surface area contributed by atoms with Gasteiger partial charge in [0.2, 0.25) is 0 Å². The number of para-hydroxylation sites is 1. The minimum atomic E-state index is -1.23. The molecular weight excluding hydrogens is 354 g/mol. The third-order valence-corrected chi connectivity index (χ3v) is 5.15. The molecule has 126 valence electrons. The number of aromatic carboxylic acids is 1. The van der Waals surface area contributed by atoms with Crippen molar-refractivity contribution in [1.29, 1.82) is 0 Å². The summed E-state index contributed by atoms with van der Waals surface area (Å²) in [5.41, 5.74) is 2.69. The molecule has 0 radical (unpaired) electrons. The highest BCUT2D eigenvalue weighted by molar-refractivity contribution is 8.27. The molecule has 0 saturated carbocycles. The number of nitrogens with zero attached hydrogens (tertiary/aromatic N) is 1. The maximum Gasteiger partial charge on any atom is 0.270 e. The maximum absolute atomic E-state index is 12.8. The van der Waals surface area contributed by atoms with Crippen LogP contribution in [0.5, 0.6) is 0 Å². The highest BCUT2D eigenvalue weighted by atomic mass is 32.2. The maximum atomic E-state index is 12.8. The summed E-state index contributed by atoms with van der Waals surface area (Å²) in [7, 11) is 0. The van der Waals surface area contributed by atoms with Crippen molar-refractivity contribution in [2.24, 2.45) is 0 Å². The quantitative estimate of drug-likeness (QED) is 0.613. The van der Waals surface area contributed by atoms with Crippen LogP contribution in [0.15, 0.2) is 53.4 Å². The first-order chi connectivity index (χ1) is 12.0. The summed E-state index contributed by atoms with van der Waals surface area (Å²) in [6.45, 7) is 2.03. The molecule has 1 fully saturated rings. The van der Waals surface area contributed by atoms with E-state index in [1.54, 1.807) is 23.1 Å². The van der Waals surface area contributed by atoms with Crippen molar-refractivity contribution in [2.45, 2.75) is 13.3 Å². The normalized spacial score (nSPS) is 15.9. The molecule has 0 aromatic heterocycles. The molecule has 0 unspecified atom stereocenters. The summed E-state index contributed by atoms with van der Waals surface area (Å²) >= 11 is 6.64. The molecule has 0 atom stereocenters. The summed E-state index contributed by atoms with van der Waals surface area (Å²) in [5, 5.41) is 10.8. The third kappa shape index (κ3) is 3.50. The lowest BCUT2D eigenvalue weighted by molar-refractivity contribution is -0.255. The van der Waals surface area contributed by atoms with Crippen molar-refractivity contribution in [1.82, 2.24) is 0 Å². The van der Waals surface area contributed by atoms with Gasteiger partial charge >= 0.3 is 0 Å². The van der Waals surface area contributed by atoms with Gasteiger partial charge in [-0.15, -0.1) is 0 Å². The molecule has 0 bridgehead atoms. The van der Waals surface area contributed by atoms with E-state index in [0.717, 1.165) is 23.2 Å². The predicted molar refractivity (Wildman–Crippen MR) is 102 cm³/mol. The number of rotatable bonds is 4. The summed E-state index contributed by atoms with van der Waals surface area (Å²) < 4.78 is 0.489. The number of carboxylic acids is 1. The topological polar surface area (TPSA) is 60.4 Å². The fourth-order valence-corrected chi connectivity index (χ4v) is 3.86. The van der Waals surface area contributed by atoms with Crippen molar-refractivity contribution in [3.63, 3.8) is 0 Å². The first-order valence-corrected chi connectivity index (χ1v) is 8.91. The molecule has 2 aromatic rings. The number of amides is 1. The van der Waals surface area contributed by atoms with Gasteiger partial charge in [0.05, 0.1) is 16.6 Å². The molecule has 0 N–H and O–H groups in total. The van der Waals surface area contributed by atoms with Crippen molar-refractivity contribution in [3.05, 3.63) is 70.1 Å². The molecule has 1 saturated heterocycles. The highest BCUT2D eigenvalue weighted by Crippen LogP contribution is 2.37. The van der Waals surface area contributed by atoms with E-state index in [2.05, 4.69) is 0 Å². The number of thiocarbonyl (C=S) groups is 1. The molecule has 4 nitrogen and oxygen atoms in total. The Morgan fingerprint density at radius 3 is 2.52 bits per heavy atom. The molecule has 1 heterocycles. The largest absolute Gasteiger partial charge is 0.545 e. The second-order valence-electron chi connectivity index (χ2n) is 5.41. The lowest BCUT2D eigenvalue weighted by Gasteiger charge is -2.18. The van der Waals surface area contributed by atoms with Gasteiger partial charge in [-0.3, -0.25) is 9.69 Å². The molecule has 2 aromatic carbocycles. The Labute approximate surface area is 155 Å². The monoisotopic (exact) mass is 368 g/mol. The lowest BCUT2D eigenvalue weighted by atomic mass is 10.1. The van der Waals surface area contributed by atoms with Gasteiger partial charge in [-0.2, -0.15) is 0 Å². The molecule has 6 heteroatoms. The smallest absolute Gasteiger partial charge is 0.270 e. The van der Waals surface area contributed by atoms with Crippen molar-refractivity contribution in [3.8, 4) is 0 Å². The van der Waals surface area contributed by atoms with Crippen LogP contribution in [0, 0.1) is 0 Å². The fraction of sp³-hybridized carbons (Fsp3) is 0.105. The van der Waals surface area contributed by atoms with Crippen LogP contribution >= 0.6 is 24.0 Å². The van der Waals surface area contributed by atoms with E-state index in [4.69, 9.17) is 12.2 Å². The molecule has 1 aliphatic heterocycles. The Hall–Kier alpha value is -2.44.